The zero-order chi connectivity index (χ0) is 20.1. The van der Waals surface area contributed by atoms with Crippen LogP contribution >= 0.6 is 34.9 Å². The van der Waals surface area contributed by atoms with Gasteiger partial charge in [-0.2, -0.15) is 0 Å². The molecular weight excluding hydrogens is 436 g/mol. The highest BCUT2D eigenvalue weighted by atomic mass is 32.2. The van der Waals surface area contributed by atoms with Gasteiger partial charge in [0.15, 0.2) is 4.34 Å². The summed E-state index contributed by atoms with van der Waals surface area (Å²) in [5.74, 6) is 0.720. The van der Waals surface area contributed by atoms with E-state index >= 15 is 0 Å². The minimum Gasteiger partial charge on any atom is -0.339 e. The van der Waals surface area contributed by atoms with Gasteiger partial charge in [-0.3, -0.25) is 9.52 Å². The molecule has 1 amide bonds. The van der Waals surface area contributed by atoms with E-state index in [-0.39, 0.29) is 15.9 Å². The second-order valence-corrected chi connectivity index (χ2v) is 11.1. The van der Waals surface area contributed by atoms with Gasteiger partial charge in [-0.15, -0.1) is 22.0 Å². The molecule has 1 saturated heterocycles. The van der Waals surface area contributed by atoms with Crippen molar-refractivity contribution in [2.75, 3.05) is 29.8 Å². The third kappa shape index (κ3) is 5.00. The molecule has 1 aliphatic rings. The van der Waals surface area contributed by atoms with E-state index in [0.29, 0.717) is 23.0 Å². The molecule has 0 atom stereocenters. The number of carbonyl (C=O) groups excluding carboxylic acids is 1. The standard InChI is InChI=1S/C17H22N4O3S4/c1-3-26-17-19-18-16(27-17)20-28(23,24)12-7-8-14(25-2)13(11-12)15(22)21-9-5-4-6-10-21/h7-8,11H,3-6,9-10H2,1-2H3,(H,18,20). The van der Waals surface area contributed by atoms with Crippen LogP contribution in [0.3, 0.4) is 0 Å². The first-order valence-electron chi connectivity index (χ1n) is 8.91. The molecule has 1 aromatic carbocycles. The van der Waals surface area contributed by atoms with Crippen LogP contribution in [-0.2, 0) is 10.0 Å². The number of hydrogen-bond donors (Lipinski definition) is 1. The number of nitrogens with one attached hydrogen (secondary N) is 1. The molecule has 1 aromatic heterocycles. The lowest BCUT2D eigenvalue weighted by Gasteiger charge is -2.27. The van der Waals surface area contributed by atoms with Crippen LogP contribution in [0.5, 0.6) is 0 Å². The number of sulfonamides is 1. The van der Waals surface area contributed by atoms with Crippen molar-refractivity contribution in [3.05, 3.63) is 23.8 Å². The van der Waals surface area contributed by atoms with E-state index < -0.39 is 10.0 Å². The Morgan fingerprint density at radius 2 is 2.00 bits per heavy atom. The molecule has 0 bridgehead atoms. The SMILES string of the molecule is CCSc1nnc(NS(=O)(=O)c2ccc(SC)c(C(=O)N3CCCCC3)c2)s1. The lowest BCUT2D eigenvalue weighted by Crippen LogP contribution is -2.36. The van der Waals surface area contributed by atoms with Gasteiger partial charge in [-0.25, -0.2) is 8.42 Å². The number of hydrogen-bond acceptors (Lipinski definition) is 8. The van der Waals surface area contributed by atoms with E-state index in [1.54, 1.807) is 11.0 Å². The van der Waals surface area contributed by atoms with E-state index in [0.717, 1.165) is 29.9 Å². The molecule has 28 heavy (non-hydrogen) atoms. The molecule has 2 heterocycles. The number of amides is 1. The lowest BCUT2D eigenvalue weighted by molar-refractivity contribution is 0.0720. The normalized spacial score (nSPS) is 14.9. The molecule has 1 N–H and O–H groups in total. The number of anilines is 1. The highest BCUT2D eigenvalue weighted by Gasteiger charge is 2.24. The largest absolute Gasteiger partial charge is 0.339 e. The Kier molecular flexibility index (Phi) is 7.24. The molecule has 3 rings (SSSR count). The van der Waals surface area contributed by atoms with Crippen LogP contribution in [0.1, 0.15) is 36.5 Å². The molecule has 0 spiro atoms. The fraction of sp³-hybridized carbons (Fsp3) is 0.471. The van der Waals surface area contributed by atoms with Crippen LogP contribution in [0.15, 0.2) is 32.3 Å². The maximum absolute atomic E-state index is 13.0. The van der Waals surface area contributed by atoms with Gasteiger partial charge in [0.05, 0.1) is 10.5 Å². The summed E-state index contributed by atoms with van der Waals surface area (Å²) >= 11 is 4.13. The van der Waals surface area contributed by atoms with Gasteiger partial charge in [0, 0.05) is 18.0 Å². The van der Waals surface area contributed by atoms with Crippen molar-refractivity contribution >= 4 is 55.9 Å². The first-order chi connectivity index (χ1) is 13.4. The average Bonchev–Trinajstić information content (AvgIpc) is 3.14. The Morgan fingerprint density at radius 1 is 1.25 bits per heavy atom. The lowest BCUT2D eigenvalue weighted by atomic mass is 10.1. The Hall–Kier alpha value is -1.30. The van der Waals surface area contributed by atoms with Crippen LogP contribution in [0.4, 0.5) is 5.13 Å². The Bertz CT molecular complexity index is 940. The minimum atomic E-state index is -3.86. The van der Waals surface area contributed by atoms with Crippen LogP contribution in [-0.4, -0.2) is 54.5 Å². The number of piperidine rings is 1. The van der Waals surface area contributed by atoms with Crippen LogP contribution in [0.2, 0.25) is 0 Å². The summed E-state index contributed by atoms with van der Waals surface area (Å²) in [5, 5.41) is 8.06. The van der Waals surface area contributed by atoms with E-state index in [4.69, 9.17) is 0 Å². The average molecular weight is 459 g/mol. The molecule has 1 fully saturated rings. The molecule has 11 heteroatoms. The summed E-state index contributed by atoms with van der Waals surface area (Å²) in [6, 6.07) is 4.67. The Balaban J connectivity index is 1.87. The maximum atomic E-state index is 13.0. The molecule has 2 aromatic rings. The summed E-state index contributed by atoms with van der Waals surface area (Å²) in [6.07, 6.45) is 4.96. The number of likely N-dealkylation sites (tertiary alicyclic amines) is 1. The minimum absolute atomic E-state index is 0.0468. The summed E-state index contributed by atoms with van der Waals surface area (Å²) in [7, 11) is -3.86. The van der Waals surface area contributed by atoms with Crippen molar-refractivity contribution in [2.45, 2.75) is 40.3 Å². The Labute approximate surface area is 177 Å². The second-order valence-electron chi connectivity index (χ2n) is 6.13. The number of rotatable bonds is 7. The van der Waals surface area contributed by atoms with E-state index in [9.17, 15) is 13.2 Å². The molecule has 0 radical (unpaired) electrons. The molecule has 0 unspecified atom stereocenters. The highest BCUT2D eigenvalue weighted by Crippen LogP contribution is 2.29. The van der Waals surface area contributed by atoms with Gasteiger partial charge < -0.3 is 4.90 Å². The smallest absolute Gasteiger partial charge is 0.263 e. The Morgan fingerprint density at radius 3 is 2.68 bits per heavy atom. The van der Waals surface area contributed by atoms with Crippen LogP contribution in [0, 0.1) is 0 Å². The van der Waals surface area contributed by atoms with Crippen molar-refractivity contribution in [3.63, 3.8) is 0 Å². The fourth-order valence-corrected chi connectivity index (χ4v) is 6.37. The van der Waals surface area contributed by atoms with Crippen molar-refractivity contribution in [1.82, 2.24) is 15.1 Å². The van der Waals surface area contributed by atoms with Gasteiger partial charge >= 0.3 is 0 Å². The zero-order valence-electron chi connectivity index (χ0n) is 15.7. The number of thioether (sulfide) groups is 2. The van der Waals surface area contributed by atoms with Crippen LogP contribution in [0.25, 0.3) is 0 Å². The van der Waals surface area contributed by atoms with Gasteiger partial charge in [-0.1, -0.05) is 30.0 Å². The van der Waals surface area contributed by atoms with Gasteiger partial charge in [0.2, 0.25) is 5.13 Å². The molecule has 0 saturated carbocycles. The summed E-state index contributed by atoms with van der Waals surface area (Å²) in [4.78, 5) is 15.6. The molecule has 0 aliphatic carbocycles. The molecule has 1 aliphatic heterocycles. The number of nitrogens with zero attached hydrogens (tertiary/aromatic N) is 3. The number of benzene rings is 1. The van der Waals surface area contributed by atoms with Gasteiger partial charge in [-0.05, 0) is 49.5 Å². The van der Waals surface area contributed by atoms with E-state index in [2.05, 4.69) is 14.9 Å². The van der Waals surface area contributed by atoms with Crippen molar-refractivity contribution in [1.29, 1.82) is 0 Å². The molecule has 7 nitrogen and oxygen atoms in total. The number of carbonyl (C=O) groups is 1. The fourth-order valence-electron chi connectivity index (χ4n) is 2.90. The zero-order valence-corrected chi connectivity index (χ0v) is 18.9. The first-order valence-corrected chi connectivity index (χ1v) is 13.4. The molecule has 152 valence electrons. The maximum Gasteiger partial charge on any atom is 0.263 e. The van der Waals surface area contributed by atoms with Gasteiger partial charge in [0.25, 0.3) is 15.9 Å². The van der Waals surface area contributed by atoms with Crippen molar-refractivity contribution < 1.29 is 13.2 Å². The monoisotopic (exact) mass is 458 g/mol. The predicted molar refractivity (Wildman–Crippen MR) is 115 cm³/mol. The van der Waals surface area contributed by atoms with Crippen molar-refractivity contribution in [2.24, 2.45) is 0 Å². The number of aromatic nitrogens is 2. The summed E-state index contributed by atoms with van der Waals surface area (Å²) < 4.78 is 28.8. The summed E-state index contributed by atoms with van der Waals surface area (Å²) in [6.45, 7) is 3.42. The van der Waals surface area contributed by atoms with E-state index in [1.165, 1.54) is 47.0 Å². The topological polar surface area (TPSA) is 92.3 Å². The third-order valence-electron chi connectivity index (χ3n) is 4.25. The van der Waals surface area contributed by atoms with Gasteiger partial charge in [0.1, 0.15) is 0 Å². The quantitative estimate of drug-likeness (QED) is 0.631. The second kappa shape index (κ2) is 9.47. The van der Waals surface area contributed by atoms with Crippen LogP contribution < -0.4 is 4.72 Å². The first kappa shape index (κ1) is 21.4. The summed E-state index contributed by atoms with van der Waals surface area (Å²) in [5.41, 5.74) is 0.428. The van der Waals surface area contributed by atoms with Crippen molar-refractivity contribution in [3.8, 4) is 0 Å². The third-order valence-corrected chi connectivity index (χ3v) is 8.37. The predicted octanol–water partition coefficient (Wildman–Crippen LogP) is 3.80. The molecular formula is C17H22N4O3S4. The highest BCUT2D eigenvalue weighted by molar-refractivity contribution is 8.01. The van der Waals surface area contributed by atoms with E-state index in [1.807, 2.05) is 13.2 Å².